The van der Waals surface area contributed by atoms with Crippen molar-refractivity contribution < 1.29 is 76.1 Å². The van der Waals surface area contributed by atoms with Gasteiger partial charge in [-0.05, 0) is 0 Å². The third-order valence-electron chi connectivity index (χ3n) is 1.25. The van der Waals surface area contributed by atoms with Gasteiger partial charge in [-0.25, -0.2) is 0 Å². The van der Waals surface area contributed by atoms with E-state index < -0.39 is 36.4 Å². The molecule has 0 amide bonds. The Balaban J connectivity index is 0. The molecule has 0 atom stereocenters. The smallest absolute Gasteiger partial charge is 0.550 e. The third kappa shape index (κ3) is 5.46. The maximum absolute atomic E-state index is 10.1. The summed E-state index contributed by atoms with van der Waals surface area (Å²) in [4.78, 5) is 30.0. The topological polar surface area (TPSA) is 141 Å². The van der Waals surface area contributed by atoms with Crippen molar-refractivity contribution in [3.63, 3.8) is 0 Å². The van der Waals surface area contributed by atoms with Crippen LogP contribution >= 0.6 is 0 Å². The van der Waals surface area contributed by atoms with Crippen molar-refractivity contribution in [2.45, 2.75) is 18.4 Å². The first-order valence-electron chi connectivity index (χ1n) is 3.11. The summed E-state index contributed by atoms with van der Waals surface area (Å²) in [5, 5.41) is 38.9. The van der Waals surface area contributed by atoms with Gasteiger partial charge >= 0.3 is 41.3 Å². The third-order valence-corrected chi connectivity index (χ3v) is 1.25. The van der Waals surface area contributed by atoms with E-state index in [1.807, 2.05) is 0 Å². The molecule has 0 aliphatic carbocycles. The number of hydrogen-bond donors (Lipinski definition) is 1. The molecule has 7 nitrogen and oxygen atoms in total. The molecular formula is C6H5O7Pr. The average molecular weight is 333 g/mol. The van der Waals surface area contributed by atoms with Gasteiger partial charge in [-0.1, -0.05) is 0 Å². The largest absolute Gasteiger partial charge is 3.00 e. The van der Waals surface area contributed by atoms with Crippen LogP contribution in [-0.2, 0) is 14.4 Å². The SMILES string of the molecule is O=C([O-])CC(O)(CC(=O)[O-])C(=O)[O-].[144Pr+3]. The molecule has 0 aliphatic rings. The predicted molar refractivity (Wildman–Crippen MR) is 29.2 cm³/mol. The molecule has 0 aliphatic heterocycles. The quantitative estimate of drug-likeness (QED) is 0.530. The van der Waals surface area contributed by atoms with Gasteiger partial charge in [0, 0.05) is 24.8 Å². The van der Waals surface area contributed by atoms with Gasteiger partial charge in [0.1, 0.15) is 5.60 Å². The van der Waals surface area contributed by atoms with Crippen molar-refractivity contribution in [1.29, 1.82) is 0 Å². The molecule has 0 unspecified atom stereocenters. The summed E-state index contributed by atoms with van der Waals surface area (Å²) in [6.07, 6.45) is -2.72. The van der Waals surface area contributed by atoms with Crippen molar-refractivity contribution in [2.75, 3.05) is 0 Å². The van der Waals surface area contributed by atoms with E-state index in [-0.39, 0.29) is 41.3 Å². The van der Waals surface area contributed by atoms with Crippen molar-refractivity contribution in [3.05, 3.63) is 0 Å². The summed E-state index contributed by atoms with van der Waals surface area (Å²) in [5.41, 5.74) is -2.97. The van der Waals surface area contributed by atoms with E-state index >= 15 is 0 Å². The zero-order valence-electron chi connectivity index (χ0n) is 6.89. The zero-order valence-corrected chi connectivity index (χ0v) is 10.6. The van der Waals surface area contributed by atoms with E-state index in [0.717, 1.165) is 0 Å². The van der Waals surface area contributed by atoms with Crippen LogP contribution in [0.25, 0.3) is 0 Å². The second kappa shape index (κ2) is 6.26. The Labute approximate surface area is 112 Å². The number of carboxylic acid groups (broad SMARTS) is 3. The number of hydrogen-bond acceptors (Lipinski definition) is 7. The number of aliphatic hydroxyl groups is 1. The second-order valence-electron chi connectivity index (χ2n) is 2.42. The van der Waals surface area contributed by atoms with Crippen molar-refractivity contribution in [3.8, 4) is 0 Å². The van der Waals surface area contributed by atoms with Crippen molar-refractivity contribution in [2.24, 2.45) is 0 Å². The summed E-state index contributed by atoms with van der Waals surface area (Å²) in [6, 6.07) is 0. The van der Waals surface area contributed by atoms with Crippen LogP contribution in [0, 0.1) is 41.3 Å². The maximum atomic E-state index is 10.1. The van der Waals surface area contributed by atoms with E-state index in [1.165, 1.54) is 0 Å². The number of carbonyl (C=O) groups excluding carboxylic acids is 3. The standard InChI is InChI=1S/C6H8O7.Pr/c7-3(8)1-6(13,5(11)12)2-4(9)10;/h13H,1-2H2,(H,7,8)(H,9,10)(H,11,12);/q;+3/p-3/i;1+3. The number of rotatable bonds is 5. The van der Waals surface area contributed by atoms with Crippen molar-refractivity contribution in [1.82, 2.24) is 0 Å². The molecule has 74 valence electrons. The molecule has 0 heterocycles. The van der Waals surface area contributed by atoms with E-state index in [4.69, 9.17) is 5.11 Å². The molecule has 0 saturated carbocycles. The first-order chi connectivity index (χ1) is 5.78. The summed E-state index contributed by atoms with van der Waals surface area (Å²) >= 11 is 0. The van der Waals surface area contributed by atoms with E-state index in [0.29, 0.717) is 0 Å². The Morgan fingerprint density at radius 2 is 1.29 bits per heavy atom. The average Bonchev–Trinajstić information content (AvgIpc) is 1.82. The Morgan fingerprint density at radius 3 is 1.43 bits per heavy atom. The number of aliphatic carboxylic acids is 3. The summed E-state index contributed by atoms with van der Waals surface area (Å²) in [7, 11) is 0. The number of carboxylic acids is 3. The predicted octanol–water partition coefficient (Wildman–Crippen LogP) is -5.25. The minimum absolute atomic E-state index is 0. The molecule has 8 heteroatoms. The minimum atomic E-state index is -2.97. The molecule has 0 radical (unpaired) electrons. The van der Waals surface area contributed by atoms with Gasteiger partial charge < -0.3 is 34.8 Å². The molecule has 0 rings (SSSR count). The number of carbonyl (C=O) groups is 3. The Kier molecular flexibility index (Phi) is 7.23. The molecule has 1 N–H and O–H groups in total. The fraction of sp³-hybridized carbons (Fsp3) is 0.500. The van der Waals surface area contributed by atoms with Gasteiger partial charge in [-0.3, -0.25) is 0 Å². The van der Waals surface area contributed by atoms with Gasteiger partial charge in [0.15, 0.2) is 0 Å². The van der Waals surface area contributed by atoms with E-state index in [2.05, 4.69) is 0 Å². The molecule has 14 heavy (non-hydrogen) atoms. The maximum Gasteiger partial charge on any atom is 3.00 e. The Morgan fingerprint density at radius 1 is 1.00 bits per heavy atom. The molecule has 0 aromatic carbocycles. The van der Waals surface area contributed by atoms with Crippen LogP contribution in [0.4, 0.5) is 0 Å². The van der Waals surface area contributed by atoms with Crippen LogP contribution in [0.2, 0.25) is 0 Å². The van der Waals surface area contributed by atoms with Crippen LogP contribution in [0.5, 0.6) is 0 Å². The van der Waals surface area contributed by atoms with Gasteiger partial charge in [-0.15, -0.1) is 0 Å². The molecule has 0 aromatic rings. The monoisotopic (exact) mass is 333 g/mol. The van der Waals surface area contributed by atoms with Crippen LogP contribution in [0.3, 0.4) is 0 Å². The summed E-state index contributed by atoms with van der Waals surface area (Å²) < 4.78 is 0. The van der Waals surface area contributed by atoms with Crippen LogP contribution in [0.1, 0.15) is 12.8 Å². The van der Waals surface area contributed by atoms with Crippen LogP contribution < -0.4 is 15.3 Å². The van der Waals surface area contributed by atoms with Gasteiger partial charge in [0.2, 0.25) is 0 Å². The molecular weight excluding hydrogens is 328 g/mol. The van der Waals surface area contributed by atoms with E-state index in [1.54, 1.807) is 0 Å². The molecule has 0 spiro atoms. The van der Waals surface area contributed by atoms with Gasteiger partial charge in [-0.2, -0.15) is 0 Å². The van der Waals surface area contributed by atoms with Crippen LogP contribution in [-0.4, -0.2) is 28.6 Å². The Bertz CT molecular complexity index is 233. The fourth-order valence-electron chi connectivity index (χ4n) is 0.684. The minimum Gasteiger partial charge on any atom is -0.550 e. The van der Waals surface area contributed by atoms with Crippen LogP contribution in [0.15, 0.2) is 0 Å². The molecule has 0 aromatic heterocycles. The molecule has 0 fully saturated rings. The zero-order chi connectivity index (χ0) is 10.6. The molecule has 0 saturated heterocycles. The fourth-order valence-corrected chi connectivity index (χ4v) is 0.684. The second-order valence-corrected chi connectivity index (χ2v) is 2.42. The summed E-state index contributed by atoms with van der Waals surface area (Å²) in [6.45, 7) is 0. The van der Waals surface area contributed by atoms with Gasteiger partial charge in [0.25, 0.3) is 0 Å². The first-order valence-corrected chi connectivity index (χ1v) is 3.11. The summed E-state index contributed by atoms with van der Waals surface area (Å²) in [5.74, 6) is -5.98. The normalized spacial score (nSPS) is 10.1. The van der Waals surface area contributed by atoms with Crippen molar-refractivity contribution >= 4 is 17.9 Å². The van der Waals surface area contributed by atoms with Gasteiger partial charge in [0.05, 0.1) is 5.97 Å². The molecule has 0 bridgehead atoms. The first kappa shape index (κ1) is 16.2. The van der Waals surface area contributed by atoms with E-state index in [9.17, 15) is 29.7 Å². The Hall–Kier alpha value is -0.266.